The minimum atomic E-state index is -4.34. The zero-order valence-electron chi connectivity index (χ0n) is 17.7. The molecule has 2 amide bonds. The molecule has 1 aliphatic carbocycles. The molecule has 4 rings (SSSR count). The predicted molar refractivity (Wildman–Crippen MR) is 119 cm³/mol. The fraction of sp³-hybridized carbons (Fsp3) is 0.348. The lowest BCUT2D eigenvalue weighted by Crippen LogP contribution is -2.42. The number of hydrogen-bond donors (Lipinski definition) is 1. The van der Waals surface area contributed by atoms with Crippen molar-refractivity contribution >= 4 is 27.7 Å². The first-order chi connectivity index (χ1) is 15.4. The van der Waals surface area contributed by atoms with E-state index < -0.39 is 22.0 Å². The molecule has 0 bridgehead atoms. The molecule has 9 heteroatoms. The molecular weight excluding hydrogens is 430 g/mol. The van der Waals surface area contributed by atoms with Gasteiger partial charge >= 0.3 is 12.0 Å². The lowest BCUT2D eigenvalue weighted by Gasteiger charge is -2.28. The number of hydrogen-bond acceptors (Lipinski definition) is 6. The number of rotatable bonds is 5. The maximum Gasteiger partial charge on any atom is 0.352 e. The quantitative estimate of drug-likeness (QED) is 0.689. The van der Waals surface area contributed by atoms with Crippen molar-refractivity contribution in [1.29, 1.82) is 0 Å². The normalized spacial score (nSPS) is 20.3. The SMILES string of the molecule is CCOC(=O)c1ccccc1S(=O)(=O)NC(=O)N1N=C2CCCCC2C1c1ccccc1. The summed E-state index contributed by atoms with van der Waals surface area (Å²) in [6.07, 6.45) is 3.71. The second-order valence-electron chi connectivity index (χ2n) is 7.77. The summed E-state index contributed by atoms with van der Waals surface area (Å²) < 4.78 is 33.2. The van der Waals surface area contributed by atoms with Crippen LogP contribution >= 0.6 is 0 Å². The summed E-state index contributed by atoms with van der Waals surface area (Å²) in [4.78, 5) is 25.1. The van der Waals surface area contributed by atoms with Gasteiger partial charge in [-0.25, -0.2) is 27.7 Å². The Labute approximate surface area is 187 Å². The lowest BCUT2D eigenvalue weighted by molar-refractivity contribution is 0.0521. The van der Waals surface area contributed by atoms with Crippen LogP contribution in [-0.2, 0) is 14.8 Å². The van der Waals surface area contributed by atoms with Gasteiger partial charge in [0.1, 0.15) is 4.90 Å². The number of nitrogens with one attached hydrogen (secondary N) is 1. The molecule has 2 atom stereocenters. The van der Waals surface area contributed by atoms with Gasteiger partial charge in [-0.15, -0.1) is 0 Å². The Morgan fingerprint density at radius 3 is 2.56 bits per heavy atom. The van der Waals surface area contributed by atoms with Crippen molar-refractivity contribution in [2.75, 3.05) is 6.61 Å². The zero-order chi connectivity index (χ0) is 22.7. The van der Waals surface area contributed by atoms with Gasteiger partial charge in [0.05, 0.1) is 18.2 Å². The van der Waals surface area contributed by atoms with E-state index in [1.165, 1.54) is 29.3 Å². The Morgan fingerprint density at radius 2 is 1.81 bits per heavy atom. The van der Waals surface area contributed by atoms with E-state index in [1.807, 2.05) is 30.3 Å². The van der Waals surface area contributed by atoms with Gasteiger partial charge in [0.2, 0.25) is 0 Å². The van der Waals surface area contributed by atoms with E-state index in [-0.39, 0.29) is 29.0 Å². The van der Waals surface area contributed by atoms with Crippen LogP contribution < -0.4 is 4.72 Å². The van der Waals surface area contributed by atoms with Gasteiger partial charge in [0, 0.05) is 11.6 Å². The standard InChI is InChI=1S/C23H25N3O5S/c1-2-31-22(27)18-13-7-9-15-20(18)32(29,30)25-23(28)26-21(16-10-4-3-5-11-16)17-12-6-8-14-19(17)24-26/h3-5,7,9-11,13,15,17,21H,2,6,8,12,14H2,1H3,(H,25,28). The van der Waals surface area contributed by atoms with E-state index in [9.17, 15) is 18.0 Å². The monoisotopic (exact) mass is 455 g/mol. The summed E-state index contributed by atoms with van der Waals surface area (Å²) in [5.41, 5.74) is 1.69. The number of benzene rings is 2. The smallest absolute Gasteiger partial charge is 0.352 e. The van der Waals surface area contributed by atoms with Crippen molar-refractivity contribution in [3.05, 3.63) is 65.7 Å². The molecule has 2 aromatic carbocycles. The Balaban J connectivity index is 1.64. The van der Waals surface area contributed by atoms with Gasteiger partial charge < -0.3 is 4.74 Å². The molecule has 1 heterocycles. The summed E-state index contributed by atoms with van der Waals surface area (Å²) in [7, 11) is -4.34. The van der Waals surface area contributed by atoms with E-state index in [1.54, 1.807) is 6.92 Å². The molecule has 1 N–H and O–H groups in total. The topological polar surface area (TPSA) is 105 Å². The molecule has 2 aliphatic rings. The Bertz CT molecular complexity index is 1150. The zero-order valence-corrected chi connectivity index (χ0v) is 18.5. The number of ether oxygens (including phenoxy) is 1. The molecule has 0 saturated heterocycles. The van der Waals surface area contributed by atoms with E-state index in [0.717, 1.165) is 37.0 Å². The molecule has 2 unspecified atom stereocenters. The third-order valence-corrected chi connectivity index (χ3v) is 7.13. The van der Waals surface area contributed by atoms with E-state index in [4.69, 9.17) is 4.74 Å². The van der Waals surface area contributed by atoms with Crippen LogP contribution in [0, 0.1) is 5.92 Å². The fourth-order valence-electron chi connectivity index (χ4n) is 4.35. The predicted octanol–water partition coefficient (Wildman–Crippen LogP) is 3.86. The Kier molecular flexibility index (Phi) is 6.27. The van der Waals surface area contributed by atoms with Crippen molar-refractivity contribution < 1.29 is 22.7 Å². The average molecular weight is 456 g/mol. The molecule has 1 saturated carbocycles. The van der Waals surface area contributed by atoms with Gasteiger partial charge in [-0.1, -0.05) is 48.9 Å². The van der Waals surface area contributed by atoms with Crippen LogP contribution in [0.2, 0.25) is 0 Å². The molecule has 0 spiro atoms. The summed E-state index contributed by atoms with van der Waals surface area (Å²) >= 11 is 0. The van der Waals surface area contributed by atoms with Crippen molar-refractivity contribution in [3.8, 4) is 0 Å². The highest BCUT2D eigenvalue weighted by molar-refractivity contribution is 7.90. The van der Waals surface area contributed by atoms with Crippen LogP contribution in [-0.4, -0.2) is 37.7 Å². The van der Waals surface area contributed by atoms with Crippen LogP contribution in [0.5, 0.6) is 0 Å². The largest absolute Gasteiger partial charge is 0.462 e. The molecule has 32 heavy (non-hydrogen) atoms. The second-order valence-corrected chi connectivity index (χ2v) is 9.42. The molecule has 168 valence electrons. The maximum atomic E-state index is 13.2. The van der Waals surface area contributed by atoms with Crippen molar-refractivity contribution in [2.24, 2.45) is 11.0 Å². The highest BCUT2D eigenvalue weighted by Crippen LogP contribution is 2.42. The molecule has 1 fully saturated rings. The number of nitrogens with zero attached hydrogens (tertiary/aromatic N) is 2. The van der Waals surface area contributed by atoms with E-state index >= 15 is 0 Å². The highest BCUT2D eigenvalue weighted by Gasteiger charge is 2.43. The molecular formula is C23H25N3O5S. The third kappa shape index (κ3) is 4.25. The number of esters is 1. The number of carbonyl (C=O) groups excluding carboxylic acids is 2. The van der Waals surface area contributed by atoms with Gasteiger partial charge in [-0.05, 0) is 43.9 Å². The molecule has 8 nitrogen and oxygen atoms in total. The van der Waals surface area contributed by atoms with Gasteiger partial charge in [0.15, 0.2) is 0 Å². The second kappa shape index (κ2) is 9.12. The molecule has 1 aliphatic heterocycles. The maximum absolute atomic E-state index is 13.2. The summed E-state index contributed by atoms with van der Waals surface area (Å²) in [5, 5.41) is 5.76. The number of sulfonamides is 1. The van der Waals surface area contributed by atoms with Crippen LogP contribution in [0.3, 0.4) is 0 Å². The number of amides is 2. The number of fused-ring (bicyclic) bond motifs is 1. The first-order valence-electron chi connectivity index (χ1n) is 10.7. The van der Waals surface area contributed by atoms with Gasteiger partial charge in [-0.3, -0.25) is 0 Å². The van der Waals surface area contributed by atoms with E-state index in [2.05, 4.69) is 9.82 Å². The Hall–Kier alpha value is -3.20. The third-order valence-electron chi connectivity index (χ3n) is 5.75. The summed E-state index contributed by atoms with van der Waals surface area (Å²) in [5.74, 6) is -0.707. The molecule has 0 aromatic heterocycles. The highest BCUT2D eigenvalue weighted by atomic mass is 32.2. The minimum absolute atomic E-state index is 0.0615. The first kappa shape index (κ1) is 22.0. The molecule has 0 radical (unpaired) electrons. The fourth-order valence-corrected chi connectivity index (χ4v) is 5.48. The average Bonchev–Trinajstić information content (AvgIpc) is 3.19. The minimum Gasteiger partial charge on any atom is -0.462 e. The number of hydrazone groups is 1. The Morgan fingerprint density at radius 1 is 1.09 bits per heavy atom. The van der Waals surface area contributed by atoms with Gasteiger partial charge in [-0.2, -0.15) is 5.10 Å². The summed E-state index contributed by atoms with van der Waals surface area (Å²) in [6.45, 7) is 1.73. The summed E-state index contributed by atoms with van der Waals surface area (Å²) in [6, 6.07) is 13.9. The van der Waals surface area contributed by atoms with E-state index in [0.29, 0.717) is 0 Å². The molecule has 2 aromatic rings. The van der Waals surface area contributed by atoms with Crippen molar-refractivity contribution in [1.82, 2.24) is 9.73 Å². The first-order valence-corrected chi connectivity index (χ1v) is 12.1. The van der Waals surface area contributed by atoms with Gasteiger partial charge in [0.25, 0.3) is 10.0 Å². The van der Waals surface area contributed by atoms with Crippen LogP contribution in [0.25, 0.3) is 0 Å². The lowest BCUT2D eigenvalue weighted by atomic mass is 9.80. The van der Waals surface area contributed by atoms with Crippen LogP contribution in [0.4, 0.5) is 4.79 Å². The van der Waals surface area contributed by atoms with Crippen molar-refractivity contribution in [2.45, 2.75) is 43.5 Å². The number of carbonyl (C=O) groups is 2. The van der Waals surface area contributed by atoms with Crippen molar-refractivity contribution in [3.63, 3.8) is 0 Å². The number of urea groups is 1. The van der Waals surface area contributed by atoms with Crippen LogP contribution in [0.1, 0.15) is 54.6 Å². The van der Waals surface area contributed by atoms with Crippen LogP contribution in [0.15, 0.2) is 64.6 Å².